The minimum atomic E-state index is -4.73. The number of halogens is 7. The molecule has 0 spiro atoms. The zero-order valence-electron chi connectivity index (χ0n) is 37.1. The molecule has 0 aliphatic carbocycles. The molecule has 2 aliphatic heterocycles. The van der Waals surface area contributed by atoms with Crippen LogP contribution >= 0.6 is 45.2 Å². The van der Waals surface area contributed by atoms with Gasteiger partial charge < -0.3 is 27.4 Å². The molecular weight excluding hydrogens is 1100 g/mol. The van der Waals surface area contributed by atoms with Crippen LogP contribution in [0.4, 0.5) is 55.9 Å². The number of aromatic nitrogens is 1. The summed E-state index contributed by atoms with van der Waals surface area (Å²) in [4.78, 5) is 4.25. The molecule has 0 amide bonds. The van der Waals surface area contributed by atoms with E-state index in [1.807, 2.05) is 215 Å². The number of allylic oxidation sites excluding steroid dienone is 3. The molecule has 0 N–H and O–H groups in total. The first-order valence-electron chi connectivity index (χ1n) is 22.1. The minimum absolute atomic E-state index is 0.0397. The molecule has 0 unspecified atom stereocenters. The van der Waals surface area contributed by atoms with Gasteiger partial charge in [0.1, 0.15) is 17.5 Å². The van der Waals surface area contributed by atoms with Crippen molar-refractivity contribution < 1.29 is 26.3 Å². The summed E-state index contributed by atoms with van der Waals surface area (Å²) in [5.41, 5.74) is 7.55. The van der Waals surface area contributed by atoms with Crippen molar-refractivity contribution >= 4 is 116 Å². The Hall–Kier alpha value is -6.78. The maximum Gasteiger partial charge on any atom is 0.737 e. The molecule has 7 aromatic carbocycles. The van der Waals surface area contributed by atoms with Gasteiger partial charge in [0.25, 0.3) is 0 Å². The van der Waals surface area contributed by atoms with E-state index in [1.54, 1.807) is 38.2 Å². The van der Waals surface area contributed by atoms with Crippen molar-refractivity contribution in [3.05, 3.63) is 258 Å². The first-order chi connectivity index (χ1) is 33.4. The maximum atomic E-state index is 18.1. The Bertz CT molecular complexity index is 3310. The summed E-state index contributed by atoms with van der Waals surface area (Å²) in [5.74, 6) is -3.50. The van der Waals surface area contributed by atoms with Gasteiger partial charge in [-0.2, -0.15) is 0 Å². The molecule has 8 aromatic rings. The van der Waals surface area contributed by atoms with E-state index in [1.165, 1.54) is 0 Å². The smallest absolute Gasteiger partial charge is 0.389 e. The van der Waals surface area contributed by atoms with Crippen LogP contribution in [0.5, 0.6) is 0 Å². The highest BCUT2D eigenvalue weighted by atomic mass is 127. The van der Waals surface area contributed by atoms with Crippen LogP contribution in [-0.4, -0.2) is 21.6 Å². The lowest BCUT2D eigenvalue weighted by atomic mass is 9.83. The van der Waals surface area contributed by atoms with Gasteiger partial charge in [-0.3, -0.25) is 0 Å². The third-order valence-electron chi connectivity index (χ3n) is 12.4. The number of hydrogen-bond acceptors (Lipinski definition) is 2. The van der Waals surface area contributed by atoms with Gasteiger partial charge in [-0.25, -0.2) is 13.2 Å². The predicted molar refractivity (Wildman–Crippen MR) is 290 cm³/mol. The lowest BCUT2D eigenvalue weighted by Gasteiger charge is -2.34. The molecule has 3 heterocycles. The Balaban J connectivity index is 1.08. The summed E-state index contributed by atoms with van der Waals surface area (Å²) in [6.07, 6.45) is 6.77. The van der Waals surface area contributed by atoms with Crippen molar-refractivity contribution in [2.24, 2.45) is 0 Å². The predicted octanol–water partition coefficient (Wildman–Crippen LogP) is 16.8. The standard InChI is InChI=1S/C57H40BF5I2N4/c1-37-54(64)50(33-27-39-23-29-46(30-24-39)66(42-15-7-3-8-16-42)43-17-9-4-10-18-43)68-56(37)53(52-48(60)35-41(59)36-49(52)61)57-38(2)55(65)51(69(57)58(68,62)63)34-28-40-25-31-47(32-26-40)67(44-19-11-5-12-20-44)45-21-13-6-14-22-45/h3-36H,1-2H3/b33-27+,34-28+. The van der Waals surface area contributed by atoms with E-state index < -0.39 is 30.0 Å². The van der Waals surface area contributed by atoms with E-state index >= 15 is 17.4 Å². The van der Waals surface area contributed by atoms with Crippen molar-refractivity contribution in [1.82, 2.24) is 4.48 Å². The van der Waals surface area contributed by atoms with Gasteiger partial charge in [-0.1, -0.05) is 103 Å². The van der Waals surface area contributed by atoms with Crippen LogP contribution in [0.25, 0.3) is 23.8 Å². The number of nitrogens with zero attached hydrogens (tertiary/aromatic N) is 4. The zero-order valence-corrected chi connectivity index (χ0v) is 41.5. The Morgan fingerprint density at radius 3 is 1.33 bits per heavy atom. The van der Waals surface area contributed by atoms with Crippen LogP contribution in [0.2, 0.25) is 0 Å². The SMILES string of the molecule is CC1=C(I)C(/C=C/c2ccc(N(c3ccccc3)c3ccccc3)cc2)=[N+]2C1=C(c1c(F)cc(F)cc1F)c1c(C)c(I)c(/C=C/c3ccc(N(c4ccccc4)c4ccccc4)cc3)n1[B-]2(F)F. The van der Waals surface area contributed by atoms with Gasteiger partial charge in [-0.15, -0.1) is 0 Å². The number of benzene rings is 7. The molecule has 0 radical (unpaired) electrons. The van der Waals surface area contributed by atoms with Gasteiger partial charge in [0.05, 0.1) is 14.7 Å². The molecule has 0 fully saturated rings. The van der Waals surface area contributed by atoms with Crippen molar-refractivity contribution in [3.63, 3.8) is 0 Å². The van der Waals surface area contributed by atoms with E-state index in [2.05, 4.69) is 9.80 Å². The molecule has 12 heteroatoms. The van der Waals surface area contributed by atoms with E-state index in [0.29, 0.717) is 30.4 Å². The average Bonchev–Trinajstić information content (AvgIpc) is 3.77. The Morgan fingerprint density at radius 1 is 0.522 bits per heavy atom. The first-order valence-corrected chi connectivity index (χ1v) is 24.3. The lowest BCUT2D eigenvalue weighted by molar-refractivity contribution is -0.362. The third kappa shape index (κ3) is 8.47. The van der Waals surface area contributed by atoms with Crippen LogP contribution in [0.3, 0.4) is 0 Å². The van der Waals surface area contributed by atoms with Crippen LogP contribution in [0, 0.1) is 27.9 Å². The second-order valence-corrected chi connectivity index (χ2v) is 18.8. The van der Waals surface area contributed by atoms with Crippen molar-refractivity contribution in [2.45, 2.75) is 13.8 Å². The average molecular weight is 1140 g/mol. The fraction of sp³-hybridized carbons (Fsp3) is 0.0351. The Kier molecular flexibility index (Phi) is 12.6. The van der Waals surface area contributed by atoms with Crippen LogP contribution in [-0.2, 0) is 0 Å². The molecule has 0 atom stereocenters. The maximum absolute atomic E-state index is 18.1. The van der Waals surface area contributed by atoms with Crippen molar-refractivity contribution in [3.8, 4) is 0 Å². The van der Waals surface area contributed by atoms with Gasteiger partial charge in [-0.05, 0) is 161 Å². The van der Waals surface area contributed by atoms with E-state index in [9.17, 15) is 4.39 Å². The fourth-order valence-electron chi connectivity index (χ4n) is 9.24. The van der Waals surface area contributed by atoms with Gasteiger partial charge in [0, 0.05) is 72.9 Å². The fourth-order valence-corrected chi connectivity index (χ4v) is 10.6. The molecule has 0 bridgehead atoms. The van der Waals surface area contributed by atoms with Crippen LogP contribution < -0.4 is 9.80 Å². The Morgan fingerprint density at radius 2 is 0.913 bits per heavy atom. The molecule has 340 valence electrons. The number of para-hydroxylation sites is 4. The zero-order chi connectivity index (χ0) is 48.0. The summed E-state index contributed by atoms with van der Waals surface area (Å²) < 4.78 is 85.8. The number of fused-ring (bicyclic) bond motifs is 2. The second-order valence-electron chi connectivity index (χ2n) is 16.7. The molecule has 1 aromatic heterocycles. The lowest BCUT2D eigenvalue weighted by Crippen LogP contribution is -2.51. The summed E-state index contributed by atoms with van der Waals surface area (Å²) in [5, 5.41) is 0. The summed E-state index contributed by atoms with van der Waals surface area (Å²) in [7, 11) is 0. The van der Waals surface area contributed by atoms with Crippen LogP contribution in [0.15, 0.2) is 203 Å². The summed E-state index contributed by atoms with van der Waals surface area (Å²) in [6, 6.07) is 56.7. The van der Waals surface area contributed by atoms with Gasteiger partial charge >= 0.3 is 6.97 Å². The highest BCUT2D eigenvalue weighted by Gasteiger charge is 2.58. The molecular formula is C57H40BF5I2N4. The quantitative estimate of drug-likeness (QED) is 0.0728. The summed E-state index contributed by atoms with van der Waals surface area (Å²) in [6.45, 7) is -1.38. The molecule has 0 saturated heterocycles. The second kappa shape index (κ2) is 19.0. The Labute approximate surface area is 424 Å². The minimum Gasteiger partial charge on any atom is -0.389 e. The summed E-state index contributed by atoms with van der Waals surface area (Å²) >= 11 is 4.07. The van der Waals surface area contributed by atoms with Crippen molar-refractivity contribution in [1.29, 1.82) is 0 Å². The number of anilines is 6. The highest BCUT2D eigenvalue weighted by molar-refractivity contribution is 14.1. The third-order valence-corrected chi connectivity index (χ3v) is 15.1. The molecule has 10 rings (SSSR count). The topological polar surface area (TPSA) is 14.4 Å². The first kappa shape index (κ1) is 46.0. The molecule has 0 saturated carbocycles. The molecule has 4 nitrogen and oxygen atoms in total. The molecule has 69 heavy (non-hydrogen) atoms. The van der Waals surface area contributed by atoms with Crippen LogP contribution in [0.1, 0.15) is 40.6 Å². The monoisotopic (exact) mass is 1140 g/mol. The van der Waals surface area contributed by atoms with E-state index in [4.69, 9.17) is 0 Å². The van der Waals surface area contributed by atoms with Gasteiger partial charge in [0.2, 0.25) is 0 Å². The highest BCUT2D eigenvalue weighted by Crippen LogP contribution is 2.49. The largest absolute Gasteiger partial charge is 0.737 e. The van der Waals surface area contributed by atoms with Crippen molar-refractivity contribution in [2.75, 3.05) is 9.80 Å². The van der Waals surface area contributed by atoms with E-state index in [-0.39, 0.29) is 28.4 Å². The molecule has 2 aliphatic rings. The van der Waals surface area contributed by atoms with E-state index in [0.717, 1.165) is 54.2 Å². The normalized spacial score (nSPS) is 14.3. The number of hydrogen-bond donors (Lipinski definition) is 0. The number of rotatable bonds is 11. The van der Waals surface area contributed by atoms with Gasteiger partial charge in [0.15, 0.2) is 11.4 Å².